The molecular weight excluding hydrogens is 360 g/mol. The second-order valence-electron chi connectivity index (χ2n) is 9.93. The molecule has 0 aromatic carbocycles. The lowest BCUT2D eigenvalue weighted by molar-refractivity contribution is 0.0305. The first kappa shape index (κ1) is 19.6. The Hall–Kier alpha value is -1.33. The molecule has 160 valence electrons. The second-order valence-corrected chi connectivity index (χ2v) is 9.93. The van der Waals surface area contributed by atoms with E-state index in [1.54, 1.807) is 7.11 Å². The maximum absolute atomic E-state index is 5.41. The van der Waals surface area contributed by atoms with Crippen LogP contribution >= 0.6 is 0 Å². The first-order valence-electron chi connectivity index (χ1n) is 12.0. The highest BCUT2D eigenvalue weighted by Gasteiger charge is 2.39. The maximum atomic E-state index is 5.41. The van der Waals surface area contributed by atoms with Gasteiger partial charge in [-0.3, -0.25) is 0 Å². The minimum Gasteiger partial charge on any atom is -0.383 e. The lowest BCUT2D eigenvalue weighted by atomic mass is 9.70. The number of anilines is 2. The van der Waals surface area contributed by atoms with E-state index in [1.807, 2.05) is 0 Å². The zero-order valence-corrected chi connectivity index (χ0v) is 18.2. The van der Waals surface area contributed by atoms with Crippen LogP contribution < -0.4 is 9.80 Å². The van der Waals surface area contributed by atoms with Crippen LogP contribution in [0.1, 0.15) is 57.8 Å². The molecule has 0 amide bonds. The molecule has 1 aromatic rings. The second kappa shape index (κ2) is 8.43. The highest BCUT2D eigenvalue weighted by atomic mass is 16.5. The number of aromatic nitrogens is 1. The Morgan fingerprint density at radius 1 is 0.966 bits per heavy atom. The van der Waals surface area contributed by atoms with E-state index in [1.165, 1.54) is 89.7 Å². The molecule has 5 rings (SSSR count). The average molecular weight is 399 g/mol. The van der Waals surface area contributed by atoms with E-state index in [0.29, 0.717) is 11.5 Å². The molecule has 5 heteroatoms. The summed E-state index contributed by atoms with van der Waals surface area (Å²) >= 11 is 0. The van der Waals surface area contributed by atoms with Gasteiger partial charge in [-0.05, 0) is 82.0 Å². The average Bonchev–Trinajstić information content (AvgIpc) is 3.18. The quantitative estimate of drug-likeness (QED) is 0.750. The first-order valence-corrected chi connectivity index (χ1v) is 12.0. The summed E-state index contributed by atoms with van der Waals surface area (Å²) in [5, 5.41) is 0. The third kappa shape index (κ3) is 4.00. The summed E-state index contributed by atoms with van der Waals surface area (Å²) in [5.74, 6) is 1.16. The summed E-state index contributed by atoms with van der Waals surface area (Å²) in [6, 6.07) is 5.95. The summed E-state index contributed by atoms with van der Waals surface area (Å²) < 4.78 is 5.41. The fraction of sp³-hybridized carbons (Fsp3) is 0.792. The molecule has 4 heterocycles. The van der Waals surface area contributed by atoms with Crippen LogP contribution in [0.5, 0.6) is 0 Å². The Morgan fingerprint density at radius 2 is 1.72 bits per heavy atom. The van der Waals surface area contributed by atoms with E-state index in [2.05, 4.69) is 33.0 Å². The standard InChI is InChI=1S/C24H38N4O/c1-29-19-22-6-3-13-28(22)21-7-8-23(25-18-21)27-16-11-24(12-17-27)9-14-26(15-10-24)20-4-2-5-20/h7-8,18,20,22H,2-6,9-17,19H2,1H3/t22-/m0/s1. The lowest BCUT2D eigenvalue weighted by Crippen LogP contribution is -2.51. The van der Waals surface area contributed by atoms with Crippen molar-refractivity contribution in [1.29, 1.82) is 0 Å². The van der Waals surface area contributed by atoms with E-state index in [9.17, 15) is 0 Å². The van der Waals surface area contributed by atoms with Crippen LogP contribution in [0.4, 0.5) is 11.5 Å². The smallest absolute Gasteiger partial charge is 0.128 e. The van der Waals surface area contributed by atoms with Crippen molar-refractivity contribution < 1.29 is 4.74 Å². The molecule has 4 fully saturated rings. The SMILES string of the molecule is COC[C@@H]1CCCN1c1ccc(N2CCC3(CC2)CCN(C2CCC2)CC3)nc1. The van der Waals surface area contributed by atoms with Crippen molar-refractivity contribution in [1.82, 2.24) is 9.88 Å². The number of pyridine rings is 1. The molecule has 1 saturated carbocycles. The molecule has 0 radical (unpaired) electrons. The van der Waals surface area contributed by atoms with Gasteiger partial charge in [0, 0.05) is 32.8 Å². The third-order valence-corrected chi connectivity index (χ3v) is 8.40. The van der Waals surface area contributed by atoms with Gasteiger partial charge in [0.2, 0.25) is 0 Å². The van der Waals surface area contributed by atoms with Crippen LogP contribution in [0.25, 0.3) is 0 Å². The molecule has 1 atom stereocenters. The van der Waals surface area contributed by atoms with Crippen molar-refractivity contribution in [3.63, 3.8) is 0 Å². The first-order chi connectivity index (χ1) is 14.3. The lowest BCUT2D eigenvalue weighted by Gasteiger charge is -2.50. The molecule has 3 aliphatic heterocycles. The van der Waals surface area contributed by atoms with Gasteiger partial charge in [-0.15, -0.1) is 0 Å². The Bertz CT molecular complexity index is 656. The Kier molecular flexibility index (Phi) is 5.70. The van der Waals surface area contributed by atoms with Crippen molar-refractivity contribution in [2.75, 3.05) is 56.2 Å². The van der Waals surface area contributed by atoms with Crippen molar-refractivity contribution in [3.05, 3.63) is 18.3 Å². The van der Waals surface area contributed by atoms with Gasteiger partial charge in [0.1, 0.15) is 5.82 Å². The van der Waals surface area contributed by atoms with Gasteiger partial charge in [0.05, 0.1) is 24.5 Å². The van der Waals surface area contributed by atoms with Crippen molar-refractivity contribution in [2.45, 2.75) is 69.9 Å². The normalized spacial score (nSPS) is 28.1. The highest BCUT2D eigenvalue weighted by Crippen LogP contribution is 2.43. The van der Waals surface area contributed by atoms with Crippen molar-refractivity contribution in [3.8, 4) is 0 Å². The third-order valence-electron chi connectivity index (χ3n) is 8.40. The summed E-state index contributed by atoms with van der Waals surface area (Å²) in [6.07, 6.45) is 14.4. The van der Waals surface area contributed by atoms with Gasteiger partial charge in [-0.25, -0.2) is 4.98 Å². The summed E-state index contributed by atoms with van der Waals surface area (Å²) in [7, 11) is 1.80. The minimum absolute atomic E-state index is 0.508. The van der Waals surface area contributed by atoms with Crippen molar-refractivity contribution in [2.24, 2.45) is 5.41 Å². The van der Waals surface area contributed by atoms with Crippen molar-refractivity contribution >= 4 is 11.5 Å². The van der Waals surface area contributed by atoms with Crippen LogP contribution in [0.2, 0.25) is 0 Å². The number of piperidine rings is 2. The molecule has 1 aliphatic carbocycles. The summed E-state index contributed by atoms with van der Waals surface area (Å²) in [6.45, 7) is 6.97. The van der Waals surface area contributed by atoms with Gasteiger partial charge < -0.3 is 19.4 Å². The molecule has 4 aliphatic rings. The molecule has 1 aromatic heterocycles. The number of rotatable bonds is 5. The molecule has 3 saturated heterocycles. The summed E-state index contributed by atoms with van der Waals surface area (Å²) in [4.78, 5) is 12.6. The van der Waals surface area contributed by atoms with Gasteiger partial charge in [0.15, 0.2) is 0 Å². The van der Waals surface area contributed by atoms with Gasteiger partial charge in [0.25, 0.3) is 0 Å². The topological polar surface area (TPSA) is 31.8 Å². The van der Waals surface area contributed by atoms with Crippen LogP contribution in [0.3, 0.4) is 0 Å². The zero-order valence-electron chi connectivity index (χ0n) is 18.2. The van der Waals surface area contributed by atoms with Crippen LogP contribution in [-0.2, 0) is 4.74 Å². The van der Waals surface area contributed by atoms with Gasteiger partial charge in [-0.2, -0.15) is 0 Å². The Labute approximate surface area is 176 Å². The predicted molar refractivity (Wildman–Crippen MR) is 119 cm³/mol. The maximum Gasteiger partial charge on any atom is 0.128 e. The Balaban J connectivity index is 1.15. The zero-order chi connectivity index (χ0) is 19.7. The number of likely N-dealkylation sites (tertiary alicyclic amines) is 1. The molecule has 5 nitrogen and oxygen atoms in total. The minimum atomic E-state index is 0.508. The number of hydrogen-bond donors (Lipinski definition) is 0. The van der Waals surface area contributed by atoms with Gasteiger partial charge >= 0.3 is 0 Å². The monoisotopic (exact) mass is 398 g/mol. The summed E-state index contributed by atoms with van der Waals surface area (Å²) in [5.41, 5.74) is 1.87. The largest absolute Gasteiger partial charge is 0.383 e. The number of nitrogens with zero attached hydrogens (tertiary/aromatic N) is 4. The van der Waals surface area contributed by atoms with Crippen LogP contribution in [-0.4, -0.2) is 68.4 Å². The molecular formula is C24H38N4O. The molecule has 0 bridgehead atoms. The van der Waals surface area contributed by atoms with E-state index in [0.717, 1.165) is 25.0 Å². The fourth-order valence-corrected chi connectivity index (χ4v) is 6.10. The number of ether oxygens (including phenoxy) is 1. The van der Waals surface area contributed by atoms with E-state index in [4.69, 9.17) is 9.72 Å². The highest BCUT2D eigenvalue weighted by molar-refractivity contribution is 5.52. The fourth-order valence-electron chi connectivity index (χ4n) is 6.10. The molecule has 29 heavy (non-hydrogen) atoms. The van der Waals surface area contributed by atoms with Crippen LogP contribution in [0.15, 0.2) is 18.3 Å². The van der Waals surface area contributed by atoms with Gasteiger partial charge in [-0.1, -0.05) is 6.42 Å². The molecule has 0 unspecified atom stereocenters. The number of hydrogen-bond acceptors (Lipinski definition) is 5. The van der Waals surface area contributed by atoms with Crippen LogP contribution in [0, 0.1) is 5.41 Å². The Morgan fingerprint density at radius 3 is 2.34 bits per heavy atom. The van der Waals surface area contributed by atoms with E-state index in [-0.39, 0.29) is 0 Å². The van der Waals surface area contributed by atoms with E-state index >= 15 is 0 Å². The van der Waals surface area contributed by atoms with E-state index < -0.39 is 0 Å². The number of methoxy groups -OCH3 is 1. The molecule has 1 spiro atoms. The molecule has 0 N–H and O–H groups in total. The predicted octanol–water partition coefficient (Wildman–Crippen LogP) is 3.93.